The topological polar surface area (TPSA) is 75.6 Å². The Morgan fingerprint density at radius 3 is 2.83 bits per heavy atom. The zero-order valence-electron chi connectivity index (χ0n) is 9.49. The van der Waals surface area contributed by atoms with Crippen molar-refractivity contribution in [1.82, 2.24) is 0 Å². The molecule has 1 unspecified atom stereocenters. The number of carbonyl (C=O) groups is 2. The van der Waals surface area contributed by atoms with Crippen LogP contribution in [0.25, 0.3) is 0 Å². The summed E-state index contributed by atoms with van der Waals surface area (Å²) >= 11 is 5.82. The Hall–Kier alpha value is -1.85. The molecule has 1 aromatic rings. The fourth-order valence-electron chi connectivity index (χ4n) is 1.83. The Morgan fingerprint density at radius 2 is 2.22 bits per heavy atom. The van der Waals surface area contributed by atoms with Gasteiger partial charge in [-0.1, -0.05) is 18.2 Å². The molecule has 0 spiro atoms. The van der Waals surface area contributed by atoms with Gasteiger partial charge in [0.05, 0.1) is 12.7 Å². The van der Waals surface area contributed by atoms with Crippen LogP contribution in [0.3, 0.4) is 0 Å². The number of ether oxygens (including phenoxy) is 1. The van der Waals surface area contributed by atoms with E-state index in [2.05, 4.69) is 16.6 Å². The molecular formula is C12H10ClNO4. The number of anilines is 1. The Kier molecular flexibility index (Phi) is 2.88. The quantitative estimate of drug-likeness (QED) is 0.624. The minimum absolute atomic E-state index is 0.190. The van der Waals surface area contributed by atoms with Gasteiger partial charge in [-0.15, -0.1) is 0 Å². The smallest absolute Gasteiger partial charge is 0.336 e. The highest BCUT2D eigenvalue weighted by molar-refractivity contribution is 6.31. The number of hydrogen-bond donors (Lipinski definition) is 2. The Labute approximate surface area is 108 Å². The number of carbonyl (C=O) groups excluding carboxylic acids is 2. The summed E-state index contributed by atoms with van der Waals surface area (Å²) in [7, 11) is 1.14. The van der Waals surface area contributed by atoms with Crippen LogP contribution in [-0.4, -0.2) is 24.1 Å². The van der Waals surface area contributed by atoms with Crippen molar-refractivity contribution >= 4 is 29.2 Å². The number of benzene rings is 1. The number of methoxy groups -OCH3 is 1. The van der Waals surface area contributed by atoms with Crippen molar-refractivity contribution < 1.29 is 19.4 Å². The number of esters is 1. The van der Waals surface area contributed by atoms with Gasteiger partial charge >= 0.3 is 5.97 Å². The first kappa shape index (κ1) is 12.6. The van der Waals surface area contributed by atoms with E-state index < -0.39 is 17.5 Å². The maximum atomic E-state index is 11.9. The molecule has 0 saturated heterocycles. The number of fused-ring (bicyclic) bond motifs is 1. The van der Waals surface area contributed by atoms with Gasteiger partial charge < -0.3 is 15.2 Å². The SMILES string of the molecule is C=C(C(=O)OC)C1(O)C(=O)Nc2ccc(Cl)cc21. The highest BCUT2D eigenvalue weighted by Crippen LogP contribution is 2.41. The molecule has 1 aromatic carbocycles. The molecule has 1 amide bonds. The van der Waals surface area contributed by atoms with Crippen LogP contribution < -0.4 is 5.32 Å². The summed E-state index contributed by atoms with van der Waals surface area (Å²) in [5, 5.41) is 13.2. The summed E-state index contributed by atoms with van der Waals surface area (Å²) in [4.78, 5) is 23.3. The number of nitrogens with one attached hydrogen (secondary N) is 1. The third-order valence-corrected chi connectivity index (χ3v) is 3.05. The van der Waals surface area contributed by atoms with Gasteiger partial charge in [0.15, 0.2) is 0 Å². The van der Waals surface area contributed by atoms with E-state index in [1.54, 1.807) is 6.07 Å². The number of rotatable bonds is 2. The summed E-state index contributed by atoms with van der Waals surface area (Å²) in [6.45, 7) is 3.43. The second-order valence-corrected chi connectivity index (χ2v) is 4.26. The normalized spacial score (nSPS) is 21.2. The zero-order chi connectivity index (χ0) is 13.5. The van der Waals surface area contributed by atoms with Crippen LogP contribution in [0, 0.1) is 0 Å². The number of aliphatic hydroxyl groups is 1. The van der Waals surface area contributed by atoms with Crippen molar-refractivity contribution in [3.05, 3.63) is 40.9 Å². The molecule has 18 heavy (non-hydrogen) atoms. The zero-order valence-corrected chi connectivity index (χ0v) is 10.2. The lowest BCUT2D eigenvalue weighted by Crippen LogP contribution is -2.39. The second-order valence-electron chi connectivity index (χ2n) is 3.82. The van der Waals surface area contributed by atoms with Crippen molar-refractivity contribution in [3.63, 3.8) is 0 Å². The van der Waals surface area contributed by atoms with Crippen molar-refractivity contribution in [2.45, 2.75) is 5.60 Å². The van der Waals surface area contributed by atoms with E-state index in [1.807, 2.05) is 0 Å². The molecule has 0 aliphatic carbocycles. The standard InChI is InChI=1S/C12H10ClNO4/c1-6(10(15)18-2)12(17)8-5-7(13)3-4-9(8)14-11(12)16/h3-5,17H,1H2,2H3,(H,14,16). The van der Waals surface area contributed by atoms with Crippen molar-refractivity contribution in [1.29, 1.82) is 0 Å². The number of amides is 1. The monoisotopic (exact) mass is 267 g/mol. The predicted octanol–water partition coefficient (Wildman–Crippen LogP) is 1.21. The molecule has 6 heteroatoms. The first-order valence-corrected chi connectivity index (χ1v) is 5.40. The summed E-state index contributed by atoms with van der Waals surface area (Å²) in [5.74, 6) is -1.62. The van der Waals surface area contributed by atoms with Crippen LogP contribution in [0.15, 0.2) is 30.4 Å². The highest BCUT2D eigenvalue weighted by Gasteiger charge is 2.50. The van der Waals surface area contributed by atoms with Gasteiger partial charge in [-0.25, -0.2) is 4.79 Å². The molecule has 0 saturated carbocycles. The maximum Gasteiger partial charge on any atom is 0.336 e. The van der Waals surface area contributed by atoms with E-state index in [0.29, 0.717) is 10.7 Å². The van der Waals surface area contributed by atoms with Crippen LogP contribution in [0.4, 0.5) is 5.69 Å². The third-order valence-electron chi connectivity index (χ3n) is 2.82. The largest absolute Gasteiger partial charge is 0.466 e. The predicted molar refractivity (Wildman–Crippen MR) is 65.1 cm³/mol. The summed E-state index contributed by atoms with van der Waals surface area (Å²) in [6.07, 6.45) is 0. The minimum atomic E-state index is -2.15. The molecule has 1 aliphatic heterocycles. The Balaban J connectivity index is 2.58. The van der Waals surface area contributed by atoms with Crippen LogP contribution >= 0.6 is 11.6 Å². The van der Waals surface area contributed by atoms with Gasteiger partial charge in [0.25, 0.3) is 5.91 Å². The van der Waals surface area contributed by atoms with E-state index in [4.69, 9.17) is 11.6 Å². The van der Waals surface area contributed by atoms with Crippen molar-refractivity contribution in [3.8, 4) is 0 Å². The second kappa shape index (κ2) is 4.12. The molecule has 2 rings (SSSR count). The van der Waals surface area contributed by atoms with E-state index in [0.717, 1.165) is 7.11 Å². The summed E-state index contributed by atoms with van der Waals surface area (Å²) in [5.41, 5.74) is -1.93. The van der Waals surface area contributed by atoms with Crippen LogP contribution in [0.2, 0.25) is 5.02 Å². The fourth-order valence-corrected chi connectivity index (χ4v) is 2.00. The van der Waals surface area contributed by atoms with E-state index in [1.165, 1.54) is 12.1 Å². The fraction of sp³-hybridized carbons (Fsp3) is 0.167. The van der Waals surface area contributed by atoms with E-state index >= 15 is 0 Å². The van der Waals surface area contributed by atoms with Gasteiger partial charge in [0, 0.05) is 16.3 Å². The average Bonchev–Trinajstić information content (AvgIpc) is 2.61. The summed E-state index contributed by atoms with van der Waals surface area (Å²) in [6, 6.07) is 4.51. The van der Waals surface area contributed by atoms with Crippen LogP contribution in [0.1, 0.15) is 5.56 Å². The molecule has 5 nitrogen and oxygen atoms in total. The molecule has 2 N–H and O–H groups in total. The van der Waals surface area contributed by atoms with Crippen molar-refractivity contribution in [2.75, 3.05) is 12.4 Å². The van der Waals surface area contributed by atoms with Crippen LogP contribution in [-0.2, 0) is 19.9 Å². The molecule has 0 bridgehead atoms. The molecule has 1 aliphatic rings. The Morgan fingerprint density at radius 1 is 1.56 bits per heavy atom. The maximum absolute atomic E-state index is 11.9. The number of hydrogen-bond acceptors (Lipinski definition) is 4. The molecule has 94 valence electrons. The lowest BCUT2D eigenvalue weighted by Gasteiger charge is -2.21. The van der Waals surface area contributed by atoms with E-state index in [9.17, 15) is 14.7 Å². The molecule has 0 fully saturated rings. The van der Waals surface area contributed by atoms with Gasteiger partial charge in [0.1, 0.15) is 0 Å². The van der Waals surface area contributed by atoms with Gasteiger partial charge in [0.2, 0.25) is 5.60 Å². The summed E-state index contributed by atoms with van der Waals surface area (Å²) < 4.78 is 4.47. The third kappa shape index (κ3) is 1.60. The average molecular weight is 268 g/mol. The lowest BCUT2D eigenvalue weighted by atomic mass is 9.88. The van der Waals surface area contributed by atoms with Crippen LogP contribution in [0.5, 0.6) is 0 Å². The van der Waals surface area contributed by atoms with Gasteiger partial charge in [-0.2, -0.15) is 0 Å². The first-order valence-electron chi connectivity index (χ1n) is 5.02. The molecular weight excluding hydrogens is 258 g/mol. The first-order chi connectivity index (χ1) is 8.41. The molecule has 1 atom stereocenters. The number of halogens is 1. The molecule has 0 radical (unpaired) electrons. The Bertz CT molecular complexity index is 569. The lowest BCUT2D eigenvalue weighted by molar-refractivity contribution is -0.143. The van der Waals surface area contributed by atoms with Gasteiger partial charge in [-0.05, 0) is 18.2 Å². The molecule has 0 aromatic heterocycles. The molecule has 1 heterocycles. The highest BCUT2D eigenvalue weighted by atomic mass is 35.5. The van der Waals surface area contributed by atoms with Crippen molar-refractivity contribution in [2.24, 2.45) is 0 Å². The minimum Gasteiger partial charge on any atom is -0.466 e. The van der Waals surface area contributed by atoms with Gasteiger partial charge in [-0.3, -0.25) is 4.79 Å². The van der Waals surface area contributed by atoms with E-state index in [-0.39, 0.29) is 11.1 Å².